The number of fused-ring (bicyclic) bond motifs is 1. The Morgan fingerprint density at radius 3 is 1.74 bits per heavy atom. The molecule has 1 saturated heterocycles. The molecule has 6 rings (SSSR count). The molecule has 0 amide bonds. The molecule has 1 saturated carbocycles. The molecule has 0 N–H and O–H groups in total. The summed E-state index contributed by atoms with van der Waals surface area (Å²) < 4.78 is 32.0. The summed E-state index contributed by atoms with van der Waals surface area (Å²) >= 11 is 0. The SMILES string of the molecule is CC1(C)OC[C@H](C(=O)C2CC=CC3C2[C@H](OCc2ccccc2)[C@@H](OCc2ccccc2)[C@@H]3OCc2ccccc2)O1. The molecule has 0 spiro atoms. The Kier molecular flexibility index (Phi) is 8.98. The van der Waals surface area contributed by atoms with Gasteiger partial charge in [-0.1, -0.05) is 103 Å². The van der Waals surface area contributed by atoms with Gasteiger partial charge in [-0.2, -0.15) is 0 Å². The summed E-state index contributed by atoms with van der Waals surface area (Å²) in [6.07, 6.45) is 3.35. The van der Waals surface area contributed by atoms with Crippen LogP contribution in [0.2, 0.25) is 0 Å². The second kappa shape index (κ2) is 13.0. The van der Waals surface area contributed by atoms with E-state index in [1.54, 1.807) is 0 Å². The van der Waals surface area contributed by atoms with E-state index in [9.17, 15) is 4.79 Å². The van der Waals surface area contributed by atoms with E-state index in [1.807, 2.05) is 68.4 Å². The minimum absolute atomic E-state index is 0.0479. The molecular weight excluding hydrogens is 528 g/mol. The summed E-state index contributed by atoms with van der Waals surface area (Å²) in [6, 6.07) is 30.5. The molecule has 42 heavy (non-hydrogen) atoms. The molecule has 3 aliphatic rings. The second-order valence-corrected chi connectivity index (χ2v) is 11.9. The van der Waals surface area contributed by atoms with Crippen LogP contribution in [0.1, 0.15) is 37.0 Å². The third-order valence-corrected chi connectivity index (χ3v) is 8.61. The highest BCUT2D eigenvalue weighted by molar-refractivity contribution is 5.86. The van der Waals surface area contributed by atoms with Gasteiger partial charge in [-0.3, -0.25) is 4.79 Å². The second-order valence-electron chi connectivity index (χ2n) is 11.9. The number of Topliss-reactive ketones (excluding diaryl/α,β-unsaturated/α-hetero) is 1. The van der Waals surface area contributed by atoms with Crippen molar-refractivity contribution in [1.29, 1.82) is 0 Å². The standard InChI is InChI=1S/C36H40O6/c1-36(2)41-24-30(42-36)32(37)28-19-12-20-29-31(28)34(39-22-26-15-8-4-9-16-26)35(40-23-27-17-10-5-11-18-27)33(29)38-21-25-13-6-3-7-14-25/h3-18,20,28-31,33-35H,19,21-24H2,1-2H3/t28?,29?,30-,31?,33-,34+,35+/m1/s1. The van der Waals surface area contributed by atoms with Gasteiger partial charge in [0.1, 0.15) is 12.2 Å². The van der Waals surface area contributed by atoms with Gasteiger partial charge >= 0.3 is 0 Å². The van der Waals surface area contributed by atoms with Crippen LogP contribution in [0.25, 0.3) is 0 Å². The summed E-state index contributed by atoms with van der Waals surface area (Å²) in [6.45, 7) is 5.27. The van der Waals surface area contributed by atoms with Crippen LogP contribution in [0.5, 0.6) is 0 Å². The van der Waals surface area contributed by atoms with E-state index in [4.69, 9.17) is 23.7 Å². The molecule has 1 heterocycles. The third kappa shape index (κ3) is 6.59. The average molecular weight is 569 g/mol. The van der Waals surface area contributed by atoms with Gasteiger partial charge in [0, 0.05) is 17.8 Å². The fraction of sp³-hybridized carbons (Fsp3) is 0.417. The first kappa shape index (κ1) is 29.0. The van der Waals surface area contributed by atoms with Crippen molar-refractivity contribution in [3.8, 4) is 0 Å². The summed E-state index contributed by atoms with van der Waals surface area (Å²) in [5.74, 6) is -1.17. The van der Waals surface area contributed by atoms with E-state index < -0.39 is 11.9 Å². The van der Waals surface area contributed by atoms with Gasteiger partial charge in [0.25, 0.3) is 0 Å². The number of ether oxygens (including phenoxy) is 5. The van der Waals surface area contributed by atoms with Gasteiger partial charge < -0.3 is 23.7 Å². The Hall–Kier alpha value is -3.13. The maximum Gasteiger partial charge on any atom is 0.167 e. The summed E-state index contributed by atoms with van der Waals surface area (Å²) in [5, 5.41) is 0. The molecule has 220 valence electrons. The lowest BCUT2D eigenvalue weighted by Crippen LogP contribution is -2.43. The van der Waals surface area contributed by atoms with Crippen molar-refractivity contribution in [2.75, 3.05) is 6.61 Å². The van der Waals surface area contributed by atoms with Crippen LogP contribution < -0.4 is 0 Å². The lowest BCUT2D eigenvalue weighted by Gasteiger charge is -2.34. The molecule has 6 heteroatoms. The van der Waals surface area contributed by atoms with Crippen LogP contribution in [0.3, 0.4) is 0 Å². The van der Waals surface area contributed by atoms with E-state index in [0.717, 1.165) is 16.7 Å². The van der Waals surface area contributed by atoms with Crippen molar-refractivity contribution in [2.24, 2.45) is 17.8 Å². The number of allylic oxidation sites excluding steroid dienone is 1. The molecule has 0 radical (unpaired) electrons. The van der Waals surface area contributed by atoms with Crippen molar-refractivity contribution in [2.45, 2.75) is 70.3 Å². The van der Waals surface area contributed by atoms with Gasteiger partial charge in [-0.25, -0.2) is 0 Å². The third-order valence-electron chi connectivity index (χ3n) is 8.61. The van der Waals surface area contributed by atoms with Crippen LogP contribution in [0, 0.1) is 17.8 Å². The van der Waals surface area contributed by atoms with Crippen molar-refractivity contribution < 1.29 is 28.5 Å². The first-order valence-electron chi connectivity index (χ1n) is 15.0. The quantitative estimate of drug-likeness (QED) is 0.254. The number of hydrogen-bond donors (Lipinski definition) is 0. The van der Waals surface area contributed by atoms with Crippen LogP contribution in [0.4, 0.5) is 0 Å². The summed E-state index contributed by atoms with van der Waals surface area (Å²) in [7, 11) is 0. The zero-order valence-corrected chi connectivity index (χ0v) is 24.3. The molecule has 0 aromatic heterocycles. The number of carbonyl (C=O) groups is 1. The molecule has 2 fully saturated rings. The number of ketones is 1. The molecule has 1 aliphatic heterocycles. The Bertz CT molecular complexity index is 1320. The topological polar surface area (TPSA) is 63.2 Å². The first-order valence-corrected chi connectivity index (χ1v) is 15.0. The van der Waals surface area contributed by atoms with Crippen molar-refractivity contribution in [3.05, 3.63) is 120 Å². The zero-order chi connectivity index (χ0) is 28.9. The summed E-state index contributed by atoms with van der Waals surface area (Å²) in [5.41, 5.74) is 3.25. The highest BCUT2D eigenvalue weighted by Crippen LogP contribution is 2.48. The number of rotatable bonds is 11. The highest BCUT2D eigenvalue weighted by Gasteiger charge is 2.57. The molecule has 0 bridgehead atoms. The van der Waals surface area contributed by atoms with E-state index in [1.165, 1.54) is 0 Å². The smallest absolute Gasteiger partial charge is 0.167 e. The minimum atomic E-state index is -0.772. The van der Waals surface area contributed by atoms with Crippen molar-refractivity contribution >= 4 is 5.78 Å². The van der Waals surface area contributed by atoms with Gasteiger partial charge in [0.05, 0.1) is 38.6 Å². The Balaban J connectivity index is 1.31. The first-order chi connectivity index (χ1) is 20.5. The molecular formula is C36H40O6. The van der Waals surface area contributed by atoms with Crippen molar-refractivity contribution in [3.63, 3.8) is 0 Å². The number of hydrogen-bond acceptors (Lipinski definition) is 6. The molecule has 3 aromatic rings. The zero-order valence-electron chi connectivity index (χ0n) is 24.3. The molecule has 2 aliphatic carbocycles. The van der Waals surface area contributed by atoms with Crippen LogP contribution in [0.15, 0.2) is 103 Å². The van der Waals surface area contributed by atoms with E-state index >= 15 is 0 Å². The Morgan fingerprint density at radius 1 is 0.738 bits per heavy atom. The number of benzene rings is 3. The van der Waals surface area contributed by atoms with E-state index in [-0.39, 0.29) is 48.5 Å². The monoisotopic (exact) mass is 568 g/mol. The van der Waals surface area contributed by atoms with Gasteiger partial charge in [-0.15, -0.1) is 0 Å². The molecule has 3 aromatic carbocycles. The lowest BCUT2D eigenvalue weighted by molar-refractivity contribution is -0.158. The Morgan fingerprint density at radius 2 is 1.24 bits per heavy atom. The fourth-order valence-electron chi connectivity index (χ4n) is 6.61. The van der Waals surface area contributed by atoms with Gasteiger partial charge in [0.2, 0.25) is 0 Å². The lowest BCUT2D eigenvalue weighted by atomic mass is 9.73. The fourth-order valence-corrected chi connectivity index (χ4v) is 6.61. The van der Waals surface area contributed by atoms with Crippen molar-refractivity contribution in [1.82, 2.24) is 0 Å². The normalized spacial score (nSPS) is 29.8. The van der Waals surface area contributed by atoms with Gasteiger partial charge in [-0.05, 0) is 37.0 Å². The molecule has 7 atom stereocenters. The Labute approximate surface area is 248 Å². The molecule has 3 unspecified atom stereocenters. The maximum atomic E-state index is 14.0. The summed E-state index contributed by atoms with van der Waals surface area (Å²) in [4.78, 5) is 14.0. The van der Waals surface area contributed by atoms with E-state index in [2.05, 4.69) is 48.6 Å². The predicted octanol–water partition coefficient (Wildman–Crippen LogP) is 6.29. The van der Waals surface area contributed by atoms with Crippen LogP contribution >= 0.6 is 0 Å². The largest absolute Gasteiger partial charge is 0.370 e. The predicted molar refractivity (Wildman–Crippen MR) is 159 cm³/mol. The van der Waals surface area contributed by atoms with Crippen LogP contribution in [-0.4, -0.2) is 42.6 Å². The minimum Gasteiger partial charge on any atom is -0.370 e. The maximum absolute atomic E-state index is 14.0. The highest BCUT2D eigenvalue weighted by atomic mass is 16.7. The average Bonchev–Trinajstić information content (AvgIpc) is 3.55. The molecule has 6 nitrogen and oxygen atoms in total. The van der Waals surface area contributed by atoms with Gasteiger partial charge in [0.15, 0.2) is 11.6 Å². The van der Waals surface area contributed by atoms with E-state index in [0.29, 0.717) is 26.2 Å². The number of carbonyl (C=O) groups excluding carboxylic acids is 1. The van der Waals surface area contributed by atoms with Crippen LogP contribution in [-0.2, 0) is 48.3 Å².